The van der Waals surface area contributed by atoms with Crippen LogP contribution in [0.25, 0.3) is 0 Å². The van der Waals surface area contributed by atoms with Crippen LogP contribution in [0, 0.1) is 0 Å². The molecule has 0 aliphatic heterocycles. The molecular weight excluding hydrogens is 320 g/mol. The van der Waals surface area contributed by atoms with Gasteiger partial charge < -0.3 is 10.1 Å². The van der Waals surface area contributed by atoms with Gasteiger partial charge in [0.1, 0.15) is 0 Å². The Kier molecular flexibility index (Phi) is 4.39. The maximum Gasteiger partial charge on any atom is 0.335 e. The number of carbonyl (C=O) groups is 1. The van der Waals surface area contributed by atoms with Crippen LogP contribution in [0.4, 0.5) is 5.69 Å². The van der Waals surface area contributed by atoms with Gasteiger partial charge in [-0.25, -0.2) is 4.79 Å². The lowest BCUT2D eigenvalue weighted by Gasteiger charge is -2.29. The molecule has 0 saturated heterocycles. The summed E-state index contributed by atoms with van der Waals surface area (Å²) in [5, 5.41) is 3.22. The Balaban J connectivity index is 2.41. The van der Waals surface area contributed by atoms with Crippen LogP contribution in [0.3, 0.4) is 0 Å². The number of carbonyl (C=O) groups excluding carboxylic acids is 1. The second kappa shape index (κ2) is 6.05. The van der Waals surface area contributed by atoms with Crippen molar-refractivity contribution in [1.82, 2.24) is 4.98 Å². The van der Waals surface area contributed by atoms with Gasteiger partial charge in [-0.15, -0.1) is 0 Å². The van der Waals surface area contributed by atoms with Crippen LogP contribution in [0.1, 0.15) is 12.5 Å². The number of pyridine rings is 1. The zero-order valence-corrected chi connectivity index (χ0v) is 12.8. The smallest absolute Gasteiger partial charge is 0.335 e. The molecule has 20 heavy (non-hydrogen) atoms. The van der Waals surface area contributed by atoms with Crippen molar-refractivity contribution in [2.24, 2.45) is 0 Å². The Labute approximate surface area is 126 Å². The third kappa shape index (κ3) is 2.99. The van der Waals surface area contributed by atoms with E-state index in [1.807, 2.05) is 30.3 Å². The van der Waals surface area contributed by atoms with Gasteiger partial charge in [0.05, 0.1) is 7.11 Å². The van der Waals surface area contributed by atoms with E-state index in [1.54, 1.807) is 25.4 Å². The standard InChI is InChI=1S/C15H15BrN2O2/c1-15(14(19)20-2,11-5-4-8-17-10-11)18-13-7-3-6-12(16)9-13/h3-10,18H,1-2H3. The third-order valence-corrected chi connectivity index (χ3v) is 3.54. The molecule has 0 radical (unpaired) electrons. The second-order valence-corrected chi connectivity index (χ2v) is 5.41. The van der Waals surface area contributed by atoms with Gasteiger partial charge in [-0.2, -0.15) is 0 Å². The van der Waals surface area contributed by atoms with Gasteiger partial charge in [-0.05, 0) is 31.2 Å². The lowest BCUT2D eigenvalue weighted by Crippen LogP contribution is -2.41. The monoisotopic (exact) mass is 334 g/mol. The summed E-state index contributed by atoms with van der Waals surface area (Å²) in [5.41, 5.74) is 0.562. The van der Waals surface area contributed by atoms with Gasteiger partial charge in [0.15, 0.2) is 5.54 Å². The van der Waals surface area contributed by atoms with Crippen molar-refractivity contribution >= 4 is 27.6 Å². The molecule has 0 bridgehead atoms. The molecule has 2 aromatic rings. The fourth-order valence-corrected chi connectivity index (χ4v) is 2.36. The predicted octanol–water partition coefficient (Wildman–Crippen LogP) is 3.34. The first-order valence-electron chi connectivity index (χ1n) is 6.09. The highest BCUT2D eigenvalue weighted by Crippen LogP contribution is 2.28. The van der Waals surface area contributed by atoms with Crippen LogP contribution < -0.4 is 5.32 Å². The van der Waals surface area contributed by atoms with Crippen molar-refractivity contribution in [3.8, 4) is 0 Å². The molecule has 1 N–H and O–H groups in total. The highest BCUT2D eigenvalue weighted by atomic mass is 79.9. The summed E-state index contributed by atoms with van der Waals surface area (Å²) in [7, 11) is 1.37. The van der Waals surface area contributed by atoms with E-state index in [0.717, 1.165) is 15.7 Å². The van der Waals surface area contributed by atoms with Gasteiger partial charge in [0.2, 0.25) is 0 Å². The summed E-state index contributed by atoms with van der Waals surface area (Å²) in [6.45, 7) is 1.77. The largest absolute Gasteiger partial charge is 0.467 e. The molecule has 0 amide bonds. The van der Waals surface area contributed by atoms with Crippen molar-refractivity contribution in [3.63, 3.8) is 0 Å². The lowest BCUT2D eigenvalue weighted by molar-refractivity contribution is -0.145. The maximum atomic E-state index is 12.2. The first-order valence-corrected chi connectivity index (χ1v) is 6.88. The van der Waals surface area contributed by atoms with Crippen molar-refractivity contribution in [3.05, 3.63) is 58.8 Å². The lowest BCUT2D eigenvalue weighted by atomic mass is 9.93. The van der Waals surface area contributed by atoms with Crippen molar-refractivity contribution < 1.29 is 9.53 Å². The zero-order chi connectivity index (χ0) is 14.6. The van der Waals surface area contributed by atoms with Crippen LogP contribution in [0.2, 0.25) is 0 Å². The fourth-order valence-electron chi connectivity index (χ4n) is 1.96. The number of ether oxygens (including phenoxy) is 1. The molecule has 5 heteroatoms. The van der Waals surface area contributed by atoms with Gasteiger partial charge in [-0.3, -0.25) is 4.98 Å². The summed E-state index contributed by atoms with van der Waals surface area (Å²) >= 11 is 3.41. The van der Waals surface area contributed by atoms with Crippen LogP contribution in [0.15, 0.2) is 53.3 Å². The van der Waals surface area contributed by atoms with E-state index in [4.69, 9.17) is 4.74 Å². The third-order valence-electron chi connectivity index (χ3n) is 3.05. The summed E-state index contributed by atoms with van der Waals surface area (Å²) < 4.78 is 5.86. The normalized spacial score (nSPS) is 13.3. The molecule has 104 valence electrons. The van der Waals surface area contributed by atoms with E-state index in [0.29, 0.717) is 0 Å². The second-order valence-electron chi connectivity index (χ2n) is 4.49. The highest BCUT2D eigenvalue weighted by molar-refractivity contribution is 9.10. The number of nitrogens with zero attached hydrogens (tertiary/aromatic N) is 1. The van der Waals surface area contributed by atoms with E-state index in [9.17, 15) is 4.79 Å². The predicted molar refractivity (Wildman–Crippen MR) is 81.4 cm³/mol. The molecule has 0 aliphatic carbocycles. The number of hydrogen-bond acceptors (Lipinski definition) is 4. The van der Waals surface area contributed by atoms with Crippen LogP contribution in [0.5, 0.6) is 0 Å². The fraction of sp³-hybridized carbons (Fsp3) is 0.200. The molecular formula is C15H15BrN2O2. The summed E-state index contributed by atoms with van der Waals surface area (Å²) in [4.78, 5) is 16.3. The minimum atomic E-state index is -0.996. The summed E-state index contributed by atoms with van der Waals surface area (Å²) in [5.74, 6) is -0.370. The number of rotatable bonds is 4. The molecule has 4 nitrogen and oxygen atoms in total. The molecule has 0 aliphatic rings. The molecule has 2 rings (SSSR count). The number of esters is 1. The van der Waals surface area contributed by atoms with Crippen molar-refractivity contribution in [2.45, 2.75) is 12.5 Å². The van der Waals surface area contributed by atoms with Gasteiger partial charge in [-0.1, -0.05) is 28.1 Å². The van der Waals surface area contributed by atoms with Crippen molar-refractivity contribution in [1.29, 1.82) is 0 Å². The molecule has 1 unspecified atom stereocenters. The maximum absolute atomic E-state index is 12.2. The molecule has 0 saturated carbocycles. The average Bonchev–Trinajstić information content (AvgIpc) is 2.47. The quantitative estimate of drug-likeness (QED) is 0.871. The van der Waals surface area contributed by atoms with E-state index in [2.05, 4.69) is 26.2 Å². The number of halogens is 1. The van der Waals surface area contributed by atoms with Gasteiger partial charge >= 0.3 is 5.97 Å². The van der Waals surface area contributed by atoms with Crippen LogP contribution in [-0.4, -0.2) is 18.1 Å². The molecule has 0 spiro atoms. The zero-order valence-electron chi connectivity index (χ0n) is 11.3. The van der Waals surface area contributed by atoms with Crippen molar-refractivity contribution in [2.75, 3.05) is 12.4 Å². The number of nitrogens with one attached hydrogen (secondary N) is 1. The van der Waals surface area contributed by atoms with E-state index < -0.39 is 5.54 Å². The SMILES string of the molecule is COC(=O)C(C)(Nc1cccc(Br)c1)c1cccnc1. The first-order chi connectivity index (χ1) is 9.56. The number of benzene rings is 1. The number of methoxy groups -OCH3 is 1. The minimum absolute atomic E-state index is 0.370. The topological polar surface area (TPSA) is 51.2 Å². The molecule has 0 fully saturated rings. The summed E-state index contributed by atoms with van der Waals surface area (Å²) in [6, 6.07) is 11.2. The van der Waals surface area contributed by atoms with E-state index in [1.165, 1.54) is 7.11 Å². The Morgan fingerprint density at radius 2 is 2.15 bits per heavy atom. The Hall–Kier alpha value is -1.88. The minimum Gasteiger partial charge on any atom is -0.467 e. The van der Waals surface area contributed by atoms with Gasteiger partial charge in [0.25, 0.3) is 0 Å². The molecule has 1 heterocycles. The molecule has 1 aromatic heterocycles. The van der Waals surface area contributed by atoms with Crippen LogP contribution in [-0.2, 0) is 15.1 Å². The number of hydrogen-bond donors (Lipinski definition) is 1. The van der Waals surface area contributed by atoms with Gasteiger partial charge in [0, 0.05) is 28.1 Å². The van der Waals surface area contributed by atoms with E-state index in [-0.39, 0.29) is 5.97 Å². The van der Waals surface area contributed by atoms with Crippen LogP contribution >= 0.6 is 15.9 Å². The first kappa shape index (κ1) is 14.5. The number of anilines is 1. The van der Waals surface area contributed by atoms with E-state index >= 15 is 0 Å². The highest BCUT2D eigenvalue weighted by Gasteiger charge is 2.36. The Bertz CT molecular complexity index is 604. The molecule has 1 atom stereocenters. The Morgan fingerprint density at radius 1 is 1.35 bits per heavy atom. The number of aromatic nitrogens is 1. The molecule has 1 aromatic carbocycles. The summed E-state index contributed by atoms with van der Waals surface area (Å²) in [6.07, 6.45) is 3.32. The average molecular weight is 335 g/mol. The Morgan fingerprint density at radius 3 is 2.75 bits per heavy atom.